The quantitative estimate of drug-likeness (QED) is 0.339. The Balaban J connectivity index is 1.97. The largest absolute Gasteiger partial charge is 0.376 e. The molecule has 2 heterocycles. The molecular weight excluding hydrogens is 304 g/mol. The first kappa shape index (κ1) is 18.4. The zero-order valence-corrected chi connectivity index (χ0v) is 15.2. The van der Waals surface area contributed by atoms with Crippen LogP contribution >= 0.6 is 0 Å². The van der Waals surface area contributed by atoms with Crippen LogP contribution in [0.2, 0.25) is 0 Å². The predicted molar refractivity (Wildman–Crippen MR) is 95.9 cm³/mol. The van der Waals surface area contributed by atoms with Crippen molar-refractivity contribution in [3.05, 3.63) is 24.3 Å². The van der Waals surface area contributed by atoms with Crippen LogP contribution in [-0.4, -0.2) is 58.5 Å². The molecule has 1 aliphatic rings. The summed E-state index contributed by atoms with van der Waals surface area (Å²) in [5.41, 5.74) is 0. The van der Waals surface area contributed by atoms with Gasteiger partial charge in [0.2, 0.25) is 0 Å². The second kappa shape index (κ2) is 9.42. The van der Waals surface area contributed by atoms with Gasteiger partial charge in [-0.3, -0.25) is 0 Å². The summed E-state index contributed by atoms with van der Waals surface area (Å²) in [6, 6.07) is 0. The van der Waals surface area contributed by atoms with Gasteiger partial charge in [-0.05, 0) is 32.6 Å². The van der Waals surface area contributed by atoms with Crippen LogP contribution in [0.4, 0.5) is 0 Å². The predicted octanol–water partition coefficient (Wildman–Crippen LogP) is 1.65. The zero-order chi connectivity index (χ0) is 17.4. The van der Waals surface area contributed by atoms with Gasteiger partial charge in [-0.25, -0.2) is 4.99 Å². The Morgan fingerprint density at radius 1 is 1.54 bits per heavy atom. The number of hydrogen-bond acceptors (Lipinski definition) is 4. The van der Waals surface area contributed by atoms with E-state index in [4.69, 9.17) is 9.73 Å². The third-order valence-electron chi connectivity index (χ3n) is 4.33. The van der Waals surface area contributed by atoms with Crippen LogP contribution < -0.4 is 5.32 Å². The maximum absolute atomic E-state index is 5.69. The van der Waals surface area contributed by atoms with Gasteiger partial charge in [0.25, 0.3) is 0 Å². The number of ether oxygens (including phenoxy) is 1. The molecule has 0 spiro atoms. The highest BCUT2D eigenvalue weighted by Crippen LogP contribution is 2.10. The van der Waals surface area contributed by atoms with Crippen LogP contribution in [0, 0.1) is 6.92 Å². The molecule has 1 aromatic heterocycles. The summed E-state index contributed by atoms with van der Waals surface area (Å²) in [6.45, 7) is 8.83. The van der Waals surface area contributed by atoms with E-state index in [1.54, 1.807) is 0 Å². The lowest BCUT2D eigenvalue weighted by molar-refractivity contribution is 0.113. The third kappa shape index (κ3) is 5.33. The average Bonchev–Trinajstić information content (AvgIpc) is 3.20. The Labute approximate surface area is 144 Å². The SMILES string of the molecule is C=CCCCN(C)C(=NCc1nnc(C)n1C)NCC1CCCO1. The summed E-state index contributed by atoms with van der Waals surface area (Å²) in [4.78, 5) is 6.89. The Hall–Kier alpha value is -1.89. The van der Waals surface area contributed by atoms with Gasteiger partial charge in [0.05, 0.1) is 6.10 Å². The fourth-order valence-corrected chi connectivity index (χ4v) is 2.64. The fraction of sp³-hybridized carbons (Fsp3) is 0.706. The van der Waals surface area contributed by atoms with Gasteiger partial charge in [0, 0.05) is 33.8 Å². The lowest BCUT2D eigenvalue weighted by Gasteiger charge is -2.23. The van der Waals surface area contributed by atoms with Crippen molar-refractivity contribution >= 4 is 5.96 Å². The Kier molecular flexibility index (Phi) is 7.24. The minimum atomic E-state index is 0.286. The number of nitrogens with zero attached hydrogens (tertiary/aromatic N) is 5. The van der Waals surface area contributed by atoms with E-state index in [2.05, 4.69) is 34.0 Å². The molecule has 7 nitrogen and oxygen atoms in total. The zero-order valence-electron chi connectivity index (χ0n) is 15.2. The summed E-state index contributed by atoms with van der Waals surface area (Å²) in [6.07, 6.45) is 6.56. The Morgan fingerprint density at radius 3 is 3.00 bits per heavy atom. The van der Waals surface area contributed by atoms with E-state index in [9.17, 15) is 0 Å². The standard InChI is InChI=1S/C17H30N6O/c1-5-6-7-10-22(3)17(18-12-15-9-8-11-24-15)19-13-16-21-20-14(2)23(16)4/h5,15H,1,6-13H2,2-4H3,(H,18,19). The molecule has 7 heteroatoms. The van der Waals surface area contributed by atoms with Crippen LogP contribution in [0.1, 0.15) is 37.3 Å². The van der Waals surface area contributed by atoms with Crippen molar-refractivity contribution in [1.82, 2.24) is 25.0 Å². The van der Waals surface area contributed by atoms with E-state index >= 15 is 0 Å². The van der Waals surface area contributed by atoms with Crippen LogP contribution in [0.25, 0.3) is 0 Å². The van der Waals surface area contributed by atoms with Gasteiger partial charge < -0.3 is 19.5 Å². The van der Waals surface area contributed by atoms with Gasteiger partial charge in [0.15, 0.2) is 11.8 Å². The van der Waals surface area contributed by atoms with Gasteiger partial charge in [-0.2, -0.15) is 0 Å². The number of aliphatic imine (C=N–C) groups is 1. The molecule has 2 rings (SSSR count). The molecule has 1 aromatic rings. The van der Waals surface area contributed by atoms with Gasteiger partial charge >= 0.3 is 0 Å². The number of unbranched alkanes of at least 4 members (excludes halogenated alkanes) is 1. The number of rotatable bonds is 8. The van der Waals surface area contributed by atoms with Gasteiger partial charge in [-0.1, -0.05) is 6.08 Å². The van der Waals surface area contributed by atoms with Crippen LogP contribution in [-0.2, 0) is 18.3 Å². The van der Waals surface area contributed by atoms with Crippen LogP contribution in [0.3, 0.4) is 0 Å². The normalized spacial score (nSPS) is 18.0. The third-order valence-corrected chi connectivity index (χ3v) is 4.33. The molecule has 24 heavy (non-hydrogen) atoms. The molecule has 0 aliphatic carbocycles. The van der Waals surface area contributed by atoms with Crippen molar-refractivity contribution in [2.45, 2.75) is 45.3 Å². The summed E-state index contributed by atoms with van der Waals surface area (Å²) in [7, 11) is 4.03. The molecule has 1 aliphatic heterocycles. The molecule has 1 fully saturated rings. The van der Waals surface area contributed by atoms with E-state index < -0.39 is 0 Å². The number of aryl methyl sites for hydroxylation is 1. The monoisotopic (exact) mass is 334 g/mol. The number of aromatic nitrogens is 3. The summed E-state index contributed by atoms with van der Waals surface area (Å²) >= 11 is 0. The fourth-order valence-electron chi connectivity index (χ4n) is 2.64. The van der Waals surface area contributed by atoms with Crippen LogP contribution in [0.5, 0.6) is 0 Å². The molecule has 1 atom stereocenters. The Morgan fingerprint density at radius 2 is 2.38 bits per heavy atom. The maximum atomic E-state index is 5.69. The summed E-state index contributed by atoms with van der Waals surface area (Å²) in [5.74, 6) is 2.65. The maximum Gasteiger partial charge on any atom is 0.194 e. The molecule has 1 N–H and O–H groups in total. The number of hydrogen-bond donors (Lipinski definition) is 1. The molecule has 0 bridgehead atoms. The number of guanidine groups is 1. The second-order valence-electron chi connectivity index (χ2n) is 6.23. The van der Waals surface area contributed by atoms with E-state index in [1.807, 2.05) is 24.6 Å². The van der Waals surface area contributed by atoms with Gasteiger partial charge in [0.1, 0.15) is 12.4 Å². The van der Waals surface area contributed by atoms with E-state index in [-0.39, 0.29) is 6.10 Å². The molecule has 0 radical (unpaired) electrons. The molecule has 0 amide bonds. The van der Waals surface area contributed by atoms with E-state index in [1.165, 1.54) is 0 Å². The lowest BCUT2D eigenvalue weighted by Crippen LogP contribution is -2.42. The number of allylic oxidation sites excluding steroid dienone is 1. The summed E-state index contributed by atoms with van der Waals surface area (Å²) < 4.78 is 7.66. The highest BCUT2D eigenvalue weighted by atomic mass is 16.5. The van der Waals surface area contributed by atoms with E-state index in [0.29, 0.717) is 6.54 Å². The summed E-state index contributed by atoms with van der Waals surface area (Å²) in [5, 5.41) is 11.7. The minimum absolute atomic E-state index is 0.286. The first-order valence-electron chi connectivity index (χ1n) is 8.68. The van der Waals surface area contributed by atoms with Crippen LogP contribution in [0.15, 0.2) is 17.6 Å². The van der Waals surface area contributed by atoms with Crippen molar-refractivity contribution in [2.75, 3.05) is 26.7 Å². The lowest BCUT2D eigenvalue weighted by atomic mass is 10.2. The average molecular weight is 334 g/mol. The van der Waals surface area contributed by atoms with Crippen molar-refractivity contribution in [3.8, 4) is 0 Å². The highest BCUT2D eigenvalue weighted by molar-refractivity contribution is 5.79. The molecular formula is C17H30N6O. The van der Waals surface area contributed by atoms with Crippen molar-refractivity contribution < 1.29 is 4.74 Å². The van der Waals surface area contributed by atoms with Crippen molar-refractivity contribution in [3.63, 3.8) is 0 Å². The molecule has 0 aromatic carbocycles. The van der Waals surface area contributed by atoms with E-state index in [0.717, 1.165) is 63.0 Å². The topological polar surface area (TPSA) is 67.6 Å². The highest BCUT2D eigenvalue weighted by Gasteiger charge is 2.17. The molecule has 1 unspecified atom stereocenters. The molecule has 134 valence electrons. The van der Waals surface area contributed by atoms with Gasteiger partial charge in [-0.15, -0.1) is 16.8 Å². The smallest absolute Gasteiger partial charge is 0.194 e. The van der Waals surface area contributed by atoms with Crippen molar-refractivity contribution in [1.29, 1.82) is 0 Å². The molecule has 1 saturated heterocycles. The first-order valence-corrected chi connectivity index (χ1v) is 8.68. The first-order chi connectivity index (χ1) is 11.6. The Bertz CT molecular complexity index is 547. The second-order valence-corrected chi connectivity index (χ2v) is 6.23. The minimum Gasteiger partial charge on any atom is -0.376 e. The van der Waals surface area contributed by atoms with Crippen molar-refractivity contribution in [2.24, 2.45) is 12.0 Å². The number of nitrogens with one attached hydrogen (secondary N) is 1. The molecule has 0 saturated carbocycles.